The molecule has 1 aliphatic heterocycles. The Morgan fingerprint density at radius 3 is 2.77 bits per heavy atom. The Bertz CT molecular complexity index is 547. The van der Waals surface area contributed by atoms with Crippen LogP contribution in [0.15, 0.2) is 24.3 Å². The maximum absolute atomic E-state index is 12.4. The Hall–Kier alpha value is -1.92. The highest BCUT2D eigenvalue weighted by atomic mass is 16.5. The number of nitrogens with one attached hydrogen (secondary N) is 2. The van der Waals surface area contributed by atoms with Gasteiger partial charge in [0.25, 0.3) is 5.91 Å². The number of aryl methyl sites for hydroxylation is 1. The van der Waals surface area contributed by atoms with Crippen LogP contribution in [0.4, 0.5) is 0 Å². The molecule has 0 aromatic heterocycles. The van der Waals surface area contributed by atoms with Crippen molar-refractivity contribution in [1.29, 1.82) is 0 Å². The van der Waals surface area contributed by atoms with Gasteiger partial charge in [-0.05, 0) is 25.1 Å². The summed E-state index contributed by atoms with van der Waals surface area (Å²) in [6.07, 6.45) is -0.694. The molecule has 1 aromatic rings. The van der Waals surface area contributed by atoms with Crippen LogP contribution in [0.2, 0.25) is 0 Å². The second-order valence-electron chi connectivity index (χ2n) is 5.43. The van der Waals surface area contributed by atoms with Gasteiger partial charge in [0.2, 0.25) is 5.91 Å². The second-order valence-corrected chi connectivity index (χ2v) is 5.43. The van der Waals surface area contributed by atoms with E-state index < -0.39 is 12.1 Å². The van der Waals surface area contributed by atoms with Crippen molar-refractivity contribution in [2.24, 2.45) is 0 Å². The smallest absolute Gasteiger partial charge is 0.251 e. The molecule has 22 heavy (non-hydrogen) atoms. The summed E-state index contributed by atoms with van der Waals surface area (Å²) in [5, 5.41) is 5.82. The molecule has 2 N–H and O–H groups in total. The lowest BCUT2D eigenvalue weighted by molar-refractivity contribution is -0.162. The summed E-state index contributed by atoms with van der Waals surface area (Å²) in [5.74, 6) is -0.310. The first kappa shape index (κ1) is 16.5. The van der Waals surface area contributed by atoms with Crippen molar-refractivity contribution >= 4 is 11.8 Å². The number of benzene rings is 1. The summed E-state index contributed by atoms with van der Waals surface area (Å²) in [7, 11) is 3.54. The number of ether oxygens (including phenoxy) is 1. The Labute approximate surface area is 130 Å². The molecule has 120 valence electrons. The van der Waals surface area contributed by atoms with Crippen LogP contribution < -0.4 is 10.6 Å². The van der Waals surface area contributed by atoms with Crippen molar-refractivity contribution < 1.29 is 14.3 Å². The number of rotatable bonds is 5. The SMILES string of the molecule is CNCCNC(=O)[C@H]1OCC(=O)N(C)[C@@H]1c1ccccc1C. The fraction of sp³-hybridized carbons (Fsp3) is 0.500. The molecule has 0 spiro atoms. The third-order valence-corrected chi connectivity index (χ3v) is 3.92. The van der Waals surface area contributed by atoms with Gasteiger partial charge in [0.05, 0.1) is 6.04 Å². The van der Waals surface area contributed by atoms with E-state index in [2.05, 4.69) is 10.6 Å². The zero-order valence-corrected chi connectivity index (χ0v) is 13.3. The number of nitrogens with zero attached hydrogens (tertiary/aromatic N) is 1. The molecule has 1 heterocycles. The van der Waals surface area contributed by atoms with E-state index in [4.69, 9.17) is 4.74 Å². The lowest BCUT2D eigenvalue weighted by Gasteiger charge is -2.38. The van der Waals surface area contributed by atoms with Gasteiger partial charge in [-0.25, -0.2) is 0 Å². The van der Waals surface area contributed by atoms with Crippen LogP contribution in [0.3, 0.4) is 0 Å². The highest BCUT2D eigenvalue weighted by molar-refractivity contribution is 5.86. The molecule has 0 radical (unpaired) electrons. The maximum atomic E-state index is 12.4. The number of likely N-dealkylation sites (N-methyl/N-ethyl adjacent to an activating group) is 2. The molecule has 1 aromatic carbocycles. The van der Waals surface area contributed by atoms with E-state index in [1.165, 1.54) is 0 Å². The molecule has 0 aliphatic carbocycles. The van der Waals surface area contributed by atoms with E-state index in [9.17, 15) is 9.59 Å². The predicted molar refractivity (Wildman–Crippen MR) is 83.4 cm³/mol. The number of carbonyl (C=O) groups excluding carboxylic acids is 2. The first-order valence-corrected chi connectivity index (χ1v) is 7.41. The van der Waals surface area contributed by atoms with Crippen LogP contribution in [-0.4, -0.2) is 56.6 Å². The maximum Gasteiger partial charge on any atom is 0.251 e. The van der Waals surface area contributed by atoms with Gasteiger partial charge in [-0.2, -0.15) is 0 Å². The molecule has 2 amide bonds. The van der Waals surface area contributed by atoms with Gasteiger partial charge >= 0.3 is 0 Å². The quantitative estimate of drug-likeness (QED) is 0.764. The average molecular weight is 305 g/mol. The summed E-state index contributed by atoms with van der Waals surface area (Å²) in [4.78, 5) is 26.0. The number of carbonyl (C=O) groups is 2. The minimum absolute atomic E-state index is 0.0665. The molecule has 6 nitrogen and oxygen atoms in total. The molecule has 0 bridgehead atoms. The van der Waals surface area contributed by atoms with E-state index in [1.807, 2.05) is 38.2 Å². The lowest BCUT2D eigenvalue weighted by Crippen LogP contribution is -2.53. The third kappa shape index (κ3) is 3.45. The van der Waals surface area contributed by atoms with E-state index in [1.54, 1.807) is 11.9 Å². The second kappa shape index (κ2) is 7.38. The van der Waals surface area contributed by atoms with Crippen molar-refractivity contribution in [1.82, 2.24) is 15.5 Å². The first-order valence-electron chi connectivity index (χ1n) is 7.41. The summed E-state index contributed by atoms with van der Waals surface area (Å²) < 4.78 is 5.55. The monoisotopic (exact) mass is 305 g/mol. The topological polar surface area (TPSA) is 70.7 Å². The lowest BCUT2D eigenvalue weighted by atomic mass is 9.94. The van der Waals surface area contributed by atoms with Gasteiger partial charge in [-0.3, -0.25) is 9.59 Å². The van der Waals surface area contributed by atoms with Gasteiger partial charge in [-0.15, -0.1) is 0 Å². The normalized spacial score (nSPS) is 21.8. The van der Waals surface area contributed by atoms with Crippen molar-refractivity contribution in [3.63, 3.8) is 0 Å². The average Bonchev–Trinajstić information content (AvgIpc) is 2.51. The van der Waals surface area contributed by atoms with Crippen LogP contribution in [0, 0.1) is 6.92 Å². The molecule has 2 atom stereocenters. The highest BCUT2D eigenvalue weighted by Crippen LogP contribution is 2.31. The first-order chi connectivity index (χ1) is 10.6. The molecule has 1 aliphatic rings. The molecule has 1 saturated heterocycles. The van der Waals surface area contributed by atoms with Crippen LogP contribution in [0.25, 0.3) is 0 Å². The van der Waals surface area contributed by atoms with Crippen LogP contribution in [0.5, 0.6) is 0 Å². The Morgan fingerprint density at radius 1 is 1.36 bits per heavy atom. The van der Waals surface area contributed by atoms with Crippen molar-refractivity contribution in [3.8, 4) is 0 Å². The number of amides is 2. The van der Waals surface area contributed by atoms with Crippen LogP contribution in [-0.2, 0) is 14.3 Å². The van der Waals surface area contributed by atoms with Crippen molar-refractivity contribution in [3.05, 3.63) is 35.4 Å². The van der Waals surface area contributed by atoms with Gasteiger partial charge < -0.3 is 20.3 Å². The molecular formula is C16H23N3O3. The Balaban J connectivity index is 2.25. The fourth-order valence-corrected chi connectivity index (χ4v) is 2.63. The number of morpholine rings is 1. The molecule has 1 fully saturated rings. The van der Waals surface area contributed by atoms with Crippen molar-refractivity contribution in [2.75, 3.05) is 33.8 Å². The molecule has 6 heteroatoms. The van der Waals surface area contributed by atoms with Gasteiger partial charge in [0.1, 0.15) is 6.61 Å². The van der Waals surface area contributed by atoms with Gasteiger partial charge in [0, 0.05) is 20.1 Å². The summed E-state index contributed by atoms with van der Waals surface area (Å²) >= 11 is 0. The van der Waals surface area contributed by atoms with E-state index >= 15 is 0 Å². The summed E-state index contributed by atoms with van der Waals surface area (Å²) in [6, 6.07) is 7.35. The van der Waals surface area contributed by atoms with E-state index in [0.29, 0.717) is 13.1 Å². The Kier molecular flexibility index (Phi) is 5.51. The molecule has 0 unspecified atom stereocenters. The van der Waals surface area contributed by atoms with E-state index in [0.717, 1.165) is 11.1 Å². The Morgan fingerprint density at radius 2 is 2.09 bits per heavy atom. The van der Waals surface area contributed by atoms with Crippen molar-refractivity contribution in [2.45, 2.75) is 19.1 Å². The van der Waals surface area contributed by atoms with Gasteiger partial charge in [-0.1, -0.05) is 24.3 Å². The van der Waals surface area contributed by atoms with Gasteiger partial charge in [0.15, 0.2) is 6.10 Å². The van der Waals surface area contributed by atoms with Crippen LogP contribution >= 0.6 is 0 Å². The number of hydrogen-bond donors (Lipinski definition) is 2. The zero-order chi connectivity index (χ0) is 16.1. The highest BCUT2D eigenvalue weighted by Gasteiger charge is 2.40. The summed E-state index contributed by atoms with van der Waals surface area (Å²) in [6.45, 7) is 3.11. The predicted octanol–water partition coefficient (Wildman–Crippen LogP) is 0.229. The fourth-order valence-electron chi connectivity index (χ4n) is 2.63. The number of hydrogen-bond acceptors (Lipinski definition) is 4. The van der Waals surface area contributed by atoms with E-state index in [-0.39, 0.29) is 18.4 Å². The largest absolute Gasteiger partial charge is 0.356 e. The summed E-state index contributed by atoms with van der Waals surface area (Å²) in [5.41, 5.74) is 1.97. The third-order valence-electron chi connectivity index (χ3n) is 3.92. The molecule has 0 saturated carbocycles. The zero-order valence-electron chi connectivity index (χ0n) is 13.3. The minimum atomic E-state index is -0.694. The molecule has 2 rings (SSSR count). The molecular weight excluding hydrogens is 282 g/mol. The minimum Gasteiger partial charge on any atom is -0.356 e. The van der Waals surface area contributed by atoms with Crippen LogP contribution in [0.1, 0.15) is 17.2 Å². The standard InChI is InChI=1S/C16H23N3O3/c1-11-6-4-5-7-12(11)14-15(16(21)18-9-8-17-2)22-10-13(20)19(14)3/h4-7,14-15,17H,8-10H2,1-3H3,(H,18,21)/t14-,15+/m1/s1.